The highest BCUT2D eigenvalue weighted by molar-refractivity contribution is 5.95. The molecule has 0 radical (unpaired) electrons. The highest BCUT2D eigenvalue weighted by Crippen LogP contribution is 2.29. The van der Waals surface area contributed by atoms with Crippen molar-refractivity contribution >= 4 is 11.9 Å². The molecule has 0 aromatic rings. The Morgan fingerprint density at radius 1 is 1.05 bits per heavy atom. The van der Waals surface area contributed by atoms with Crippen LogP contribution >= 0.6 is 0 Å². The number of esters is 2. The van der Waals surface area contributed by atoms with Crippen LogP contribution in [0.1, 0.15) is 79.6 Å². The third kappa shape index (κ3) is 7.28. The van der Waals surface area contributed by atoms with Crippen LogP contribution in [0.2, 0.25) is 0 Å². The van der Waals surface area contributed by atoms with Gasteiger partial charge in [0.1, 0.15) is 5.60 Å². The molecule has 0 heterocycles. The van der Waals surface area contributed by atoms with Gasteiger partial charge in [-0.15, -0.1) is 0 Å². The maximum absolute atomic E-state index is 12.3. The van der Waals surface area contributed by atoms with E-state index in [4.69, 9.17) is 9.47 Å². The van der Waals surface area contributed by atoms with E-state index in [0.29, 0.717) is 12.3 Å². The van der Waals surface area contributed by atoms with Crippen LogP contribution in [0.15, 0.2) is 0 Å². The Labute approximate surface area is 134 Å². The van der Waals surface area contributed by atoms with Gasteiger partial charge in [0.15, 0.2) is 5.92 Å². The smallest absolute Gasteiger partial charge is 0.320 e. The SMILES string of the molecule is CC(C)OC(=O)C(CCC1CCCCC1)C(=O)OC(C)(C)C. The van der Waals surface area contributed by atoms with Gasteiger partial charge >= 0.3 is 11.9 Å². The lowest BCUT2D eigenvalue weighted by Crippen LogP contribution is -2.35. The summed E-state index contributed by atoms with van der Waals surface area (Å²) in [5.74, 6) is -1.05. The van der Waals surface area contributed by atoms with Crippen LogP contribution in [-0.4, -0.2) is 23.6 Å². The molecule has 22 heavy (non-hydrogen) atoms. The van der Waals surface area contributed by atoms with E-state index in [0.717, 1.165) is 6.42 Å². The summed E-state index contributed by atoms with van der Waals surface area (Å²) in [4.78, 5) is 24.6. The molecule has 0 aliphatic heterocycles. The second-order valence-corrected chi connectivity index (χ2v) is 7.65. The molecule has 4 nitrogen and oxygen atoms in total. The average molecular weight is 312 g/mol. The van der Waals surface area contributed by atoms with Crippen molar-refractivity contribution in [2.24, 2.45) is 11.8 Å². The monoisotopic (exact) mass is 312 g/mol. The number of rotatable bonds is 6. The van der Waals surface area contributed by atoms with E-state index in [-0.39, 0.29) is 6.10 Å². The van der Waals surface area contributed by atoms with Gasteiger partial charge in [-0.3, -0.25) is 9.59 Å². The second-order valence-electron chi connectivity index (χ2n) is 7.65. The highest BCUT2D eigenvalue weighted by Gasteiger charge is 2.33. The van der Waals surface area contributed by atoms with Crippen molar-refractivity contribution in [3.05, 3.63) is 0 Å². The third-order valence-electron chi connectivity index (χ3n) is 3.92. The standard InChI is InChI=1S/C18H32O4/c1-13(2)21-16(19)15(17(20)22-18(3,4)5)12-11-14-9-7-6-8-10-14/h13-15H,6-12H2,1-5H3. The van der Waals surface area contributed by atoms with Gasteiger partial charge in [0.25, 0.3) is 0 Å². The Morgan fingerprint density at radius 3 is 2.14 bits per heavy atom. The number of ether oxygens (including phenoxy) is 2. The summed E-state index contributed by atoms with van der Waals surface area (Å²) in [6.45, 7) is 9.04. The summed E-state index contributed by atoms with van der Waals surface area (Å²) in [6, 6.07) is 0. The van der Waals surface area contributed by atoms with Crippen LogP contribution < -0.4 is 0 Å². The van der Waals surface area contributed by atoms with Crippen molar-refractivity contribution in [3.8, 4) is 0 Å². The molecule has 1 fully saturated rings. The van der Waals surface area contributed by atoms with Crippen molar-refractivity contribution in [1.82, 2.24) is 0 Å². The fraction of sp³-hybridized carbons (Fsp3) is 0.889. The van der Waals surface area contributed by atoms with Crippen LogP contribution in [-0.2, 0) is 19.1 Å². The molecular formula is C18H32O4. The Balaban J connectivity index is 2.63. The van der Waals surface area contributed by atoms with E-state index < -0.39 is 23.5 Å². The lowest BCUT2D eigenvalue weighted by atomic mass is 9.84. The van der Waals surface area contributed by atoms with E-state index in [9.17, 15) is 9.59 Å². The number of hydrogen-bond acceptors (Lipinski definition) is 4. The predicted molar refractivity (Wildman–Crippen MR) is 86.4 cm³/mol. The minimum Gasteiger partial charge on any atom is -0.462 e. The zero-order valence-corrected chi connectivity index (χ0v) is 14.8. The lowest BCUT2D eigenvalue weighted by Gasteiger charge is -2.26. The van der Waals surface area contributed by atoms with E-state index >= 15 is 0 Å². The van der Waals surface area contributed by atoms with Gasteiger partial charge in [-0.2, -0.15) is 0 Å². The van der Waals surface area contributed by atoms with Gasteiger partial charge in [0.05, 0.1) is 6.10 Å². The Kier molecular flexibility index (Phi) is 7.37. The summed E-state index contributed by atoms with van der Waals surface area (Å²) >= 11 is 0. The van der Waals surface area contributed by atoms with Crippen LogP contribution in [0.4, 0.5) is 0 Å². The first-order valence-electron chi connectivity index (χ1n) is 8.62. The molecule has 0 bridgehead atoms. The molecule has 1 unspecified atom stereocenters. The molecule has 0 aromatic heterocycles. The first kappa shape index (κ1) is 19.0. The summed E-state index contributed by atoms with van der Waals surface area (Å²) in [5.41, 5.74) is -0.585. The molecule has 0 N–H and O–H groups in total. The van der Waals surface area contributed by atoms with E-state index in [1.54, 1.807) is 13.8 Å². The molecule has 1 rings (SSSR count). The number of carbonyl (C=O) groups is 2. The Hall–Kier alpha value is -1.06. The van der Waals surface area contributed by atoms with Gasteiger partial charge in [-0.1, -0.05) is 32.1 Å². The van der Waals surface area contributed by atoms with Crippen LogP contribution in [0.5, 0.6) is 0 Å². The molecule has 1 aliphatic rings. The average Bonchev–Trinajstić information content (AvgIpc) is 2.37. The summed E-state index contributed by atoms with van der Waals surface area (Å²) in [5, 5.41) is 0. The summed E-state index contributed by atoms with van der Waals surface area (Å²) < 4.78 is 10.7. The fourth-order valence-electron chi connectivity index (χ4n) is 2.90. The molecule has 0 aromatic carbocycles. The summed E-state index contributed by atoms with van der Waals surface area (Å²) in [7, 11) is 0. The minimum absolute atomic E-state index is 0.216. The second kappa shape index (κ2) is 8.54. The summed E-state index contributed by atoms with van der Waals surface area (Å²) in [6.07, 6.45) is 7.47. The molecule has 0 spiro atoms. The quantitative estimate of drug-likeness (QED) is 0.543. The van der Waals surface area contributed by atoms with Crippen molar-refractivity contribution in [1.29, 1.82) is 0 Å². The zero-order valence-electron chi connectivity index (χ0n) is 14.8. The number of hydrogen-bond donors (Lipinski definition) is 0. The Morgan fingerprint density at radius 2 is 1.64 bits per heavy atom. The predicted octanol–water partition coefficient (Wildman–Crippen LogP) is 4.26. The first-order chi connectivity index (χ1) is 10.2. The van der Waals surface area contributed by atoms with Crippen LogP contribution in [0, 0.1) is 11.8 Å². The molecule has 1 saturated carbocycles. The normalized spacial score (nSPS) is 18.1. The minimum atomic E-state index is -0.788. The maximum Gasteiger partial charge on any atom is 0.320 e. The zero-order chi connectivity index (χ0) is 16.8. The van der Waals surface area contributed by atoms with Crippen molar-refractivity contribution in [2.45, 2.75) is 91.3 Å². The first-order valence-corrected chi connectivity index (χ1v) is 8.62. The van der Waals surface area contributed by atoms with Gasteiger partial charge in [0, 0.05) is 0 Å². The van der Waals surface area contributed by atoms with Gasteiger partial charge in [-0.05, 0) is 53.4 Å². The third-order valence-corrected chi connectivity index (χ3v) is 3.92. The maximum atomic E-state index is 12.3. The van der Waals surface area contributed by atoms with E-state index in [2.05, 4.69) is 0 Å². The van der Waals surface area contributed by atoms with Gasteiger partial charge in [-0.25, -0.2) is 0 Å². The molecular weight excluding hydrogens is 280 g/mol. The number of carbonyl (C=O) groups excluding carboxylic acids is 2. The van der Waals surface area contributed by atoms with E-state index in [1.165, 1.54) is 32.1 Å². The van der Waals surface area contributed by atoms with E-state index in [1.807, 2.05) is 20.8 Å². The molecule has 0 saturated heterocycles. The molecule has 4 heteroatoms. The molecule has 128 valence electrons. The Bertz CT molecular complexity index is 362. The van der Waals surface area contributed by atoms with Crippen molar-refractivity contribution in [3.63, 3.8) is 0 Å². The topological polar surface area (TPSA) is 52.6 Å². The van der Waals surface area contributed by atoms with Gasteiger partial charge in [0.2, 0.25) is 0 Å². The fourth-order valence-corrected chi connectivity index (χ4v) is 2.90. The van der Waals surface area contributed by atoms with Crippen LogP contribution in [0.25, 0.3) is 0 Å². The molecule has 1 aliphatic carbocycles. The van der Waals surface area contributed by atoms with Crippen LogP contribution in [0.3, 0.4) is 0 Å². The van der Waals surface area contributed by atoms with Crippen molar-refractivity contribution in [2.75, 3.05) is 0 Å². The molecule has 1 atom stereocenters. The van der Waals surface area contributed by atoms with Gasteiger partial charge < -0.3 is 9.47 Å². The van der Waals surface area contributed by atoms with Crippen molar-refractivity contribution < 1.29 is 19.1 Å². The molecule has 0 amide bonds. The lowest BCUT2D eigenvalue weighted by molar-refractivity contribution is -0.171. The highest BCUT2D eigenvalue weighted by atomic mass is 16.6. The largest absolute Gasteiger partial charge is 0.462 e.